The van der Waals surface area contributed by atoms with Gasteiger partial charge in [0.1, 0.15) is 23.0 Å². The molecule has 98 valence electrons. The van der Waals surface area contributed by atoms with Crippen molar-refractivity contribution in [2.24, 2.45) is 5.73 Å². The van der Waals surface area contributed by atoms with Gasteiger partial charge in [-0.05, 0) is 23.8 Å². The SMILES string of the molecule is COc1cccc(COc2nccc(C(N)=S)n2)c1. The molecule has 6 heteroatoms. The lowest BCUT2D eigenvalue weighted by atomic mass is 10.2. The summed E-state index contributed by atoms with van der Waals surface area (Å²) in [5.41, 5.74) is 6.95. The van der Waals surface area contributed by atoms with Gasteiger partial charge in [0.25, 0.3) is 0 Å². The van der Waals surface area contributed by atoms with Crippen molar-refractivity contribution in [2.75, 3.05) is 7.11 Å². The molecule has 0 atom stereocenters. The third-order valence-corrected chi connectivity index (χ3v) is 2.60. The van der Waals surface area contributed by atoms with Crippen LogP contribution >= 0.6 is 12.2 Å². The van der Waals surface area contributed by atoms with E-state index in [0.29, 0.717) is 12.3 Å². The Hall–Kier alpha value is -2.21. The Labute approximate surface area is 116 Å². The first-order valence-corrected chi connectivity index (χ1v) is 5.98. The van der Waals surface area contributed by atoms with Gasteiger partial charge in [-0.2, -0.15) is 4.98 Å². The van der Waals surface area contributed by atoms with Crippen molar-refractivity contribution < 1.29 is 9.47 Å². The molecule has 0 saturated heterocycles. The second-order valence-electron chi connectivity index (χ2n) is 3.73. The molecule has 0 aliphatic carbocycles. The Morgan fingerprint density at radius 1 is 1.37 bits per heavy atom. The van der Waals surface area contributed by atoms with Crippen LogP contribution in [-0.2, 0) is 6.61 Å². The highest BCUT2D eigenvalue weighted by molar-refractivity contribution is 7.80. The van der Waals surface area contributed by atoms with Crippen molar-refractivity contribution in [2.45, 2.75) is 6.61 Å². The average molecular weight is 275 g/mol. The summed E-state index contributed by atoms with van der Waals surface area (Å²) in [7, 11) is 1.62. The van der Waals surface area contributed by atoms with E-state index in [2.05, 4.69) is 9.97 Å². The van der Waals surface area contributed by atoms with Crippen molar-refractivity contribution in [1.82, 2.24) is 9.97 Å². The lowest BCUT2D eigenvalue weighted by molar-refractivity contribution is 0.280. The monoisotopic (exact) mass is 275 g/mol. The molecular weight excluding hydrogens is 262 g/mol. The fourth-order valence-electron chi connectivity index (χ4n) is 1.46. The van der Waals surface area contributed by atoms with Gasteiger partial charge in [-0.3, -0.25) is 0 Å². The minimum atomic E-state index is 0.216. The van der Waals surface area contributed by atoms with Gasteiger partial charge < -0.3 is 15.2 Å². The molecule has 0 bridgehead atoms. The molecule has 2 rings (SSSR count). The van der Waals surface area contributed by atoms with Crippen molar-refractivity contribution >= 4 is 17.2 Å². The Bertz CT molecular complexity index is 590. The molecule has 1 heterocycles. The van der Waals surface area contributed by atoms with Crippen LogP contribution in [0.15, 0.2) is 36.5 Å². The van der Waals surface area contributed by atoms with Gasteiger partial charge in [-0.15, -0.1) is 0 Å². The van der Waals surface area contributed by atoms with E-state index in [9.17, 15) is 0 Å². The number of nitrogens with zero attached hydrogens (tertiary/aromatic N) is 2. The number of thiocarbonyl (C=S) groups is 1. The zero-order valence-corrected chi connectivity index (χ0v) is 11.2. The normalized spacial score (nSPS) is 9.95. The lowest BCUT2D eigenvalue weighted by Crippen LogP contribution is -2.12. The summed E-state index contributed by atoms with van der Waals surface area (Å²) < 4.78 is 10.6. The zero-order valence-electron chi connectivity index (χ0n) is 10.4. The van der Waals surface area contributed by atoms with Gasteiger partial charge in [0, 0.05) is 6.20 Å². The maximum Gasteiger partial charge on any atom is 0.317 e. The van der Waals surface area contributed by atoms with Crippen LogP contribution in [0.25, 0.3) is 0 Å². The van der Waals surface area contributed by atoms with E-state index in [1.165, 1.54) is 0 Å². The van der Waals surface area contributed by atoms with Crippen molar-refractivity contribution in [3.05, 3.63) is 47.8 Å². The third kappa shape index (κ3) is 3.62. The molecule has 2 N–H and O–H groups in total. The molecule has 0 saturated carbocycles. The Balaban J connectivity index is 2.05. The van der Waals surface area contributed by atoms with Crippen LogP contribution in [0.5, 0.6) is 11.8 Å². The number of ether oxygens (including phenoxy) is 2. The second kappa shape index (κ2) is 6.10. The van der Waals surface area contributed by atoms with Crippen LogP contribution in [0, 0.1) is 0 Å². The van der Waals surface area contributed by atoms with Gasteiger partial charge in [0.15, 0.2) is 0 Å². The number of hydrogen-bond acceptors (Lipinski definition) is 5. The van der Waals surface area contributed by atoms with Crippen molar-refractivity contribution in [1.29, 1.82) is 0 Å². The van der Waals surface area contributed by atoms with Crippen LogP contribution in [0.1, 0.15) is 11.3 Å². The van der Waals surface area contributed by atoms with E-state index in [4.69, 9.17) is 27.4 Å². The molecular formula is C13H13N3O2S. The van der Waals surface area contributed by atoms with E-state index in [-0.39, 0.29) is 11.0 Å². The van der Waals surface area contributed by atoms with Crippen LogP contribution in [-0.4, -0.2) is 22.1 Å². The minimum absolute atomic E-state index is 0.216. The molecule has 0 unspecified atom stereocenters. The number of methoxy groups -OCH3 is 1. The largest absolute Gasteiger partial charge is 0.497 e. The molecule has 1 aromatic heterocycles. The number of benzene rings is 1. The van der Waals surface area contributed by atoms with Crippen LogP contribution < -0.4 is 15.2 Å². The first-order valence-electron chi connectivity index (χ1n) is 5.57. The molecule has 0 aliphatic heterocycles. The fraction of sp³-hybridized carbons (Fsp3) is 0.154. The lowest BCUT2D eigenvalue weighted by Gasteiger charge is -2.06. The maximum atomic E-state index is 5.50. The van der Waals surface area contributed by atoms with E-state index < -0.39 is 0 Å². The summed E-state index contributed by atoms with van der Waals surface area (Å²) in [6.45, 7) is 0.345. The summed E-state index contributed by atoms with van der Waals surface area (Å²) in [5, 5.41) is 0. The molecule has 1 aromatic carbocycles. The smallest absolute Gasteiger partial charge is 0.317 e. The van der Waals surface area contributed by atoms with Gasteiger partial charge in [0.2, 0.25) is 0 Å². The molecule has 0 aliphatic rings. The average Bonchev–Trinajstić information content (AvgIpc) is 2.45. The summed E-state index contributed by atoms with van der Waals surface area (Å²) in [5.74, 6) is 0.777. The van der Waals surface area contributed by atoms with Crippen LogP contribution in [0.4, 0.5) is 0 Å². The Kier molecular flexibility index (Phi) is 4.25. The molecule has 2 aromatic rings. The fourth-order valence-corrected chi connectivity index (χ4v) is 1.57. The number of aromatic nitrogens is 2. The third-order valence-electron chi connectivity index (χ3n) is 2.39. The van der Waals surface area contributed by atoms with E-state index in [1.807, 2.05) is 24.3 Å². The van der Waals surface area contributed by atoms with Gasteiger partial charge >= 0.3 is 6.01 Å². The topological polar surface area (TPSA) is 70.3 Å². The number of nitrogens with two attached hydrogens (primary N) is 1. The van der Waals surface area contributed by atoms with Gasteiger partial charge in [-0.1, -0.05) is 24.4 Å². The molecule has 19 heavy (non-hydrogen) atoms. The molecule has 0 amide bonds. The summed E-state index contributed by atoms with van der Waals surface area (Å²) >= 11 is 4.85. The standard InChI is InChI=1S/C13H13N3O2S/c1-17-10-4-2-3-9(7-10)8-18-13-15-6-5-11(16-13)12(14)19/h2-7H,8H2,1H3,(H2,14,19). The highest BCUT2D eigenvalue weighted by atomic mass is 32.1. The summed E-state index contributed by atoms with van der Waals surface area (Å²) in [6.07, 6.45) is 1.56. The first-order chi connectivity index (χ1) is 9.19. The highest BCUT2D eigenvalue weighted by Gasteiger charge is 2.03. The number of rotatable bonds is 5. The maximum absolute atomic E-state index is 5.50. The van der Waals surface area contributed by atoms with E-state index >= 15 is 0 Å². The van der Waals surface area contributed by atoms with Gasteiger partial charge in [0.05, 0.1) is 7.11 Å². The summed E-state index contributed by atoms with van der Waals surface area (Å²) in [4.78, 5) is 8.32. The highest BCUT2D eigenvalue weighted by Crippen LogP contribution is 2.14. The van der Waals surface area contributed by atoms with Crippen LogP contribution in [0.3, 0.4) is 0 Å². The van der Waals surface area contributed by atoms with Crippen molar-refractivity contribution in [3.63, 3.8) is 0 Å². The molecule has 0 radical (unpaired) electrons. The van der Waals surface area contributed by atoms with Crippen molar-refractivity contribution in [3.8, 4) is 11.8 Å². The summed E-state index contributed by atoms with van der Waals surface area (Å²) in [6, 6.07) is 9.46. The van der Waals surface area contributed by atoms with Gasteiger partial charge in [-0.25, -0.2) is 4.98 Å². The number of hydrogen-bond donors (Lipinski definition) is 1. The Morgan fingerprint density at radius 2 is 2.21 bits per heavy atom. The quantitative estimate of drug-likeness (QED) is 0.837. The second-order valence-corrected chi connectivity index (χ2v) is 4.17. The molecule has 0 fully saturated rings. The Morgan fingerprint density at radius 3 is 2.95 bits per heavy atom. The molecule has 0 spiro atoms. The zero-order chi connectivity index (χ0) is 13.7. The van der Waals surface area contributed by atoms with Crippen LogP contribution in [0.2, 0.25) is 0 Å². The molecule has 5 nitrogen and oxygen atoms in total. The minimum Gasteiger partial charge on any atom is -0.497 e. The predicted octanol–water partition coefficient (Wildman–Crippen LogP) is 1.70. The predicted molar refractivity (Wildman–Crippen MR) is 75.2 cm³/mol. The first kappa shape index (κ1) is 13.2. The van der Waals surface area contributed by atoms with E-state index in [0.717, 1.165) is 11.3 Å². The van der Waals surface area contributed by atoms with E-state index in [1.54, 1.807) is 19.4 Å².